The minimum atomic E-state index is -0.191. The summed E-state index contributed by atoms with van der Waals surface area (Å²) >= 11 is 0. The van der Waals surface area contributed by atoms with Crippen molar-refractivity contribution in [2.24, 2.45) is 0 Å². The van der Waals surface area contributed by atoms with Gasteiger partial charge in [-0.2, -0.15) is 0 Å². The van der Waals surface area contributed by atoms with Gasteiger partial charge in [0.15, 0.2) is 0 Å². The van der Waals surface area contributed by atoms with Gasteiger partial charge in [0, 0.05) is 25.4 Å². The number of amides is 1. The number of hydrogen-bond acceptors (Lipinski definition) is 2. The molecule has 1 aromatic heterocycles. The smallest absolute Gasteiger partial charge is 0.270 e. The van der Waals surface area contributed by atoms with Crippen molar-refractivity contribution in [3.63, 3.8) is 0 Å². The Labute approximate surface area is 119 Å². The highest BCUT2D eigenvalue weighted by molar-refractivity contribution is 5.92. The largest absolute Gasteiger partial charge is 0.508 e. The van der Waals surface area contributed by atoms with Crippen molar-refractivity contribution in [3.8, 4) is 5.75 Å². The first-order chi connectivity index (χ1) is 9.56. The lowest BCUT2D eigenvalue weighted by molar-refractivity contribution is 0.0730. The Morgan fingerprint density at radius 1 is 1.30 bits per heavy atom. The molecule has 2 aromatic rings. The zero-order chi connectivity index (χ0) is 14.7. The Kier molecular flexibility index (Phi) is 4.13. The van der Waals surface area contributed by atoms with Crippen LogP contribution in [0.4, 0.5) is 0 Å². The molecule has 0 bridgehead atoms. The van der Waals surface area contributed by atoms with E-state index in [9.17, 15) is 9.90 Å². The maximum Gasteiger partial charge on any atom is 0.270 e. The molecule has 1 unspecified atom stereocenters. The van der Waals surface area contributed by atoms with Crippen LogP contribution in [0.5, 0.6) is 5.75 Å². The van der Waals surface area contributed by atoms with Gasteiger partial charge in [-0.3, -0.25) is 4.79 Å². The number of carbonyl (C=O) groups excluding carboxylic acids is 1. The second-order valence-electron chi connectivity index (χ2n) is 4.83. The zero-order valence-electron chi connectivity index (χ0n) is 12.1. The van der Waals surface area contributed by atoms with Gasteiger partial charge in [-0.05, 0) is 32.0 Å². The number of aromatic hydroxyl groups is 1. The number of aryl methyl sites for hydroxylation is 1. The van der Waals surface area contributed by atoms with Gasteiger partial charge in [-0.1, -0.05) is 18.2 Å². The summed E-state index contributed by atoms with van der Waals surface area (Å²) in [5.74, 6) is 0.165. The van der Waals surface area contributed by atoms with E-state index in [1.165, 1.54) is 0 Å². The van der Waals surface area contributed by atoms with Crippen molar-refractivity contribution in [2.75, 3.05) is 7.05 Å². The molecule has 0 aliphatic carbocycles. The molecular formula is C16H20N2O2. The molecule has 2 rings (SSSR count). The third kappa shape index (κ3) is 2.54. The van der Waals surface area contributed by atoms with Gasteiger partial charge in [0.2, 0.25) is 0 Å². The maximum atomic E-state index is 12.5. The number of phenols is 1. The van der Waals surface area contributed by atoms with Crippen molar-refractivity contribution in [1.82, 2.24) is 9.47 Å². The van der Waals surface area contributed by atoms with Gasteiger partial charge >= 0.3 is 0 Å². The van der Waals surface area contributed by atoms with Gasteiger partial charge in [0.25, 0.3) is 5.91 Å². The van der Waals surface area contributed by atoms with Crippen LogP contribution in [-0.2, 0) is 6.54 Å². The second kappa shape index (κ2) is 5.82. The molecule has 4 nitrogen and oxygen atoms in total. The van der Waals surface area contributed by atoms with E-state index in [2.05, 4.69) is 0 Å². The fourth-order valence-electron chi connectivity index (χ4n) is 2.29. The molecule has 1 N–H and O–H groups in total. The molecule has 4 heteroatoms. The molecule has 0 aliphatic heterocycles. The highest BCUT2D eigenvalue weighted by atomic mass is 16.3. The van der Waals surface area contributed by atoms with E-state index < -0.39 is 0 Å². The fourth-order valence-corrected chi connectivity index (χ4v) is 2.29. The van der Waals surface area contributed by atoms with Crippen LogP contribution in [0.25, 0.3) is 0 Å². The molecular weight excluding hydrogens is 252 g/mol. The number of aromatic nitrogens is 1. The van der Waals surface area contributed by atoms with Crippen LogP contribution < -0.4 is 0 Å². The van der Waals surface area contributed by atoms with Crippen LogP contribution in [0.1, 0.15) is 35.9 Å². The van der Waals surface area contributed by atoms with Gasteiger partial charge in [0.1, 0.15) is 11.4 Å². The van der Waals surface area contributed by atoms with Crippen LogP contribution in [0, 0.1) is 0 Å². The van der Waals surface area contributed by atoms with Gasteiger partial charge in [-0.15, -0.1) is 0 Å². The van der Waals surface area contributed by atoms with Crippen LogP contribution >= 0.6 is 0 Å². The van der Waals surface area contributed by atoms with Crippen molar-refractivity contribution >= 4 is 5.91 Å². The third-order valence-corrected chi connectivity index (χ3v) is 3.68. The first-order valence-electron chi connectivity index (χ1n) is 6.76. The summed E-state index contributed by atoms with van der Waals surface area (Å²) in [6.45, 7) is 4.67. The number of carbonyl (C=O) groups is 1. The van der Waals surface area contributed by atoms with E-state index in [0.717, 1.165) is 12.1 Å². The first kappa shape index (κ1) is 14.2. The molecule has 1 amide bonds. The van der Waals surface area contributed by atoms with E-state index in [1.807, 2.05) is 48.9 Å². The summed E-state index contributed by atoms with van der Waals surface area (Å²) < 4.78 is 1.91. The quantitative estimate of drug-likeness (QED) is 0.929. The number of nitrogens with zero attached hydrogens (tertiary/aromatic N) is 2. The highest BCUT2D eigenvalue weighted by Gasteiger charge is 2.22. The summed E-state index contributed by atoms with van der Waals surface area (Å²) in [5, 5.41) is 9.90. The summed E-state index contributed by atoms with van der Waals surface area (Å²) in [5.41, 5.74) is 1.41. The zero-order valence-corrected chi connectivity index (χ0v) is 12.1. The van der Waals surface area contributed by atoms with Crippen molar-refractivity contribution < 1.29 is 9.90 Å². The minimum Gasteiger partial charge on any atom is -0.508 e. The average molecular weight is 272 g/mol. The van der Waals surface area contributed by atoms with E-state index >= 15 is 0 Å². The number of phenolic OH excluding ortho intramolecular Hbond substituents is 1. The Balaban J connectivity index is 2.25. The van der Waals surface area contributed by atoms with Crippen LogP contribution in [0.2, 0.25) is 0 Å². The summed E-state index contributed by atoms with van der Waals surface area (Å²) in [4.78, 5) is 14.2. The Morgan fingerprint density at radius 3 is 2.65 bits per heavy atom. The van der Waals surface area contributed by atoms with Gasteiger partial charge in [0.05, 0.1) is 6.04 Å². The Bertz CT molecular complexity index is 604. The second-order valence-corrected chi connectivity index (χ2v) is 4.83. The molecule has 20 heavy (non-hydrogen) atoms. The predicted octanol–water partition coefficient (Wildman–Crippen LogP) is 3.05. The van der Waals surface area contributed by atoms with E-state index in [0.29, 0.717) is 5.69 Å². The predicted molar refractivity (Wildman–Crippen MR) is 78.7 cm³/mol. The van der Waals surface area contributed by atoms with Crippen molar-refractivity contribution in [1.29, 1.82) is 0 Å². The van der Waals surface area contributed by atoms with Crippen LogP contribution in [0.15, 0.2) is 42.6 Å². The van der Waals surface area contributed by atoms with Gasteiger partial charge in [-0.25, -0.2) is 0 Å². The lowest BCUT2D eigenvalue weighted by Gasteiger charge is -2.26. The minimum absolute atomic E-state index is 0.0485. The molecule has 0 spiro atoms. The monoisotopic (exact) mass is 272 g/mol. The number of benzene rings is 1. The summed E-state index contributed by atoms with van der Waals surface area (Å²) in [6, 6.07) is 10.6. The Morgan fingerprint density at radius 2 is 2.00 bits per heavy atom. The molecule has 0 saturated heterocycles. The average Bonchev–Trinajstić information content (AvgIpc) is 2.94. The molecule has 106 valence electrons. The normalized spacial score (nSPS) is 12.2. The molecule has 0 aliphatic rings. The fraction of sp³-hybridized carbons (Fsp3) is 0.312. The lowest BCUT2D eigenvalue weighted by atomic mass is 10.1. The number of hydrogen-bond donors (Lipinski definition) is 1. The van der Waals surface area contributed by atoms with Crippen molar-refractivity contribution in [3.05, 3.63) is 53.9 Å². The molecule has 0 saturated carbocycles. The standard InChI is InChI=1S/C16H20N2O2/c1-4-18-11-7-9-14(18)16(20)17(3)12(2)13-8-5-6-10-15(13)19/h5-12,19H,4H2,1-3H3. The van der Waals surface area contributed by atoms with Crippen molar-refractivity contribution in [2.45, 2.75) is 26.4 Å². The topological polar surface area (TPSA) is 45.5 Å². The van der Waals surface area contributed by atoms with E-state index in [4.69, 9.17) is 0 Å². The van der Waals surface area contributed by atoms with Crippen LogP contribution in [-0.4, -0.2) is 27.5 Å². The maximum absolute atomic E-state index is 12.5. The molecule has 0 fully saturated rings. The van der Waals surface area contributed by atoms with E-state index in [1.54, 1.807) is 24.1 Å². The Hall–Kier alpha value is -2.23. The molecule has 1 atom stereocenters. The number of rotatable bonds is 4. The van der Waals surface area contributed by atoms with Crippen LogP contribution in [0.3, 0.4) is 0 Å². The lowest BCUT2D eigenvalue weighted by Crippen LogP contribution is -2.31. The summed E-state index contributed by atoms with van der Waals surface area (Å²) in [6.07, 6.45) is 1.89. The molecule has 1 aromatic carbocycles. The first-order valence-corrected chi connectivity index (χ1v) is 6.76. The summed E-state index contributed by atoms with van der Waals surface area (Å²) in [7, 11) is 1.76. The number of para-hydroxylation sites is 1. The van der Waals surface area contributed by atoms with E-state index in [-0.39, 0.29) is 17.7 Å². The highest BCUT2D eigenvalue weighted by Crippen LogP contribution is 2.28. The molecule has 0 radical (unpaired) electrons. The van der Waals surface area contributed by atoms with Gasteiger partial charge < -0.3 is 14.6 Å². The molecule has 1 heterocycles. The SMILES string of the molecule is CCn1cccc1C(=O)N(C)C(C)c1ccccc1O. The third-order valence-electron chi connectivity index (χ3n) is 3.68.